The molecule has 0 aliphatic rings. The number of nitrogens with two attached hydrogens (primary N) is 1. The second-order valence-electron chi connectivity index (χ2n) is 5.98. The van der Waals surface area contributed by atoms with Crippen molar-refractivity contribution in [3.8, 4) is 28.6 Å². The normalized spacial score (nSPS) is 11.1. The van der Waals surface area contributed by atoms with Gasteiger partial charge in [0, 0.05) is 17.2 Å². The van der Waals surface area contributed by atoms with E-state index in [1.54, 1.807) is 24.3 Å². The molecule has 0 unspecified atom stereocenters. The molecule has 0 atom stereocenters. The number of phenols is 2. The molecular formula is C18H14N8O4. The van der Waals surface area contributed by atoms with Gasteiger partial charge < -0.3 is 15.9 Å². The Labute approximate surface area is 168 Å². The molecule has 4 aromatic rings. The van der Waals surface area contributed by atoms with Crippen LogP contribution in [0.25, 0.3) is 17.1 Å². The molecule has 2 heterocycles. The summed E-state index contributed by atoms with van der Waals surface area (Å²) >= 11 is 0. The molecule has 12 nitrogen and oxygen atoms in total. The number of carbonyl (C=O) groups is 1. The van der Waals surface area contributed by atoms with E-state index in [0.29, 0.717) is 16.8 Å². The summed E-state index contributed by atoms with van der Waals surface area (Å²) in [5.41, 5.74) is 9.25. The number of aromatic hydroxyl groups is 2. The maximum atomic E-state index is 12.7. The second-order valence-corrected chi connectivity index (χ2v) is 5.98. The van der Waals surface area contributed by atoms with Crippen molar-refractivity contribution in [3.63, 3.8) is 0 Å². The van der Waals surface area contributed by atoms with E-state index in [1.807, 2.05) is 6.07 Å². The largest absolute Gasteiger partial charge is 0.508 e. The molecule has 2 aromatic carbocycles. The van der Waals surface area contributed by atoms with Gasteiger partial charge in [0.2, 0.25) is 11.6 Å². The molecule has 150 valence electrons. The lowest BCUT2D eigenvalue weighted by Crippen LogP contribution is -2.19. The maximum Gasteiger partial charge on any atom is 0.294 e. The summed E-state index contributed by atoms with van der Waals surface area (Å²) in [6, 6.07) is 12.9. The first-order valence-electron chi connectivity index (χ1n) is 8.49. The van der Waals surface area contributed by atoms with Crippen molar-refractivity contribution in [1.29, 1.82) is 0 Å². The van der Waals surface area contributed by atoms with E-state index in [9.17, 15) is 15.0 Å². The number of hydrazone groups is 1. The van der Waals surface area contributed by atoms with Crippen LogP contribution in [0.15, 0.2) is 58.3 Å². The lowest BCUT2D eigenvalue weighted by molar-refractivity contribution is 0.0950. The minimum absolute atomic E-state index is 0.0233. The zero-order chi connectivity index (χ0) is 21.1. The van der Waals surface area contributed by atoms with Crippen LogP contribution in [0, 0.1) is 0 Å². The third-order valence-electron chi connectivity index (χ3n) is 4.01. The van der Waals surface area contributed by atoms with Crippen LogP contribution in [0.2, 0.25) is 0 Å². The number of benzene rings is 2. The van der Waals surface area contributed by atoms with Crippen LogP contribution in [0.3, 0.4) is 0 Å². The molecule has 1 amide bonds. The standard InChI is InChI=1S/C18H14N8O4/c19-16-17(24-30-23-16)26-15(10-4-2-1-3-5-10)14(21-25-26)18(29)22-20-9-11-6-7-12(27)8-13(11)28/h1-9,27-28H,(H2,19,23)(H,22,29). The minimum atomic E-state index is -0.662. The molecule has 0 spiro atoms. The average Bonchev–Trinajstić information content (AvgIpc) is 3.36. The Bertz CT molecular complexity index is 1230. The van der Waals surface area contributed by atoms with Gasteiger partial charge in [-0.1, -0.05) is 35.5 Å². The molecule has 4 rings (SSSR count). The third-order valence-corrected chi connectivity index (χ3v) is 4.01. The van der Waals surface area contributed by atoms with Gasteiger partial charge in [-0.3, -0.25) is 4.79 Å². The van der Waals surface area contributed by atoms with Crippen LogP contribution in [0.1, 0.15) is 16.1 Å². The van der Waals surface area contributed by atoms with E-state index in [-0.39, 0.29) is 28.8 Å². The van der Waals surface area contributed by atoms with Gasteiger partial charge in [0.1, 0.15) is 17.2 Å². The van der Waals surface area contributed by atoms with E-state index < -0.39 is 5.91 Å². The summed E-state index contributed by atoms with van der Waals surface area (Å²) in [5.74, 6) is -0.898. The molecule has 0 fully saturated rings. The predicted molar refractivity (Wildman–Crippen MR) is 104 cm³/mol. The van der Waals surface area contributed by atoms with Gasteiger partial charge in [-0.25, -0.2) is 10.1 Å². The number of hydrogen-bond donors (Lipinski definition) is 4. The highest BCUT2D eigenvalue weighted by molar-refractivity contribution is 5.99. The summed E-state index contributed by atoms with van der Waals surface area (Å²) in [7, 11) is 0. The fourth-order valence-corrected chi connectivity index (χ4v) is 2.63. The molecule has 12 heteroatoms. The summed E-state index contributed by atoms with van der Waals surface area (Å²) in [4.78, 5) is 12.7. The summed E-state index contributed by atoms with van der Waals surface area (Å²) in [5, 5.41) is 38.0. The Morgan fingerprint density at radius 2 is 1.97 bits per heavy atom. The minimum Gasteiger partial charge on any atom is -0.508 e. The number of rotatable bonds is 5. The van der Waals surface area contributed by atoms with Crippen LogP contribution in [0.4, 0.5) is 5.82 Å². The van der Waals surface area contributed by atoms with Crippen LogP contribution in [-0.4, -0.2) is 47.6 Å². The average molecular weight is 406 g/mol. The number of nitrogens with one attached hydrogen (secondary N) is 1. The number of carbonyl (C=O) groups excluding carboxylic acids is 1. The van der Waals surface area contributed by atoms with Gasteiger partial charge in [-0.05, 0) is 22.4 Å². The number of anilines is 1. The predicted octanol–water partition coefficient (Wildman–Crippen LogP) is 1.07. The van der Waals surface area contributed by atoms with Crippen LogP contribution >= 0.6 is 0 Å². The Balaban J connectivity index is 1.67. The fraction of sp³-hybridized carbons (Fsp3) is 0. The molecule has 30 heavy (non-hydrogen) atoms. The van der Waals surface area contributed by atoms with E-state index in [4.69, 9.17) is 5.73 Å². The first-order chi connectivity index (χ1) is 14.5. The monoisotopic (exact) mass is 406 g/mol. The molecular weight excluding hydrogens is 392 g/mol. The highest BCUT2D eigenvalue weighted by atomic mass is 16.6. The fourth-order valence-electron chi connectivity index (χ4n) is 2.63. The second kappa shape index (κ2) is 7.71. The summed E-state index contributed by atoms with van der Waals surface area (Å²) < 4.78 is 5.86. The first kappa shape index (κ1) is 18.6. The van der Waals surface area contributed by atoms with Crippen molar-refractivity contribution in [2.75, 3.05) is 5.73 Å². The number of nitrogen functional groups attached to an aromatic ring is 1. The van der Waals surface area contributed by atoms with Crippen molar-refractivity contribution in [3.05, 3.63) is 59.8 Å². The van der Waals surface area contributed by atoms with E-state index in [2.05, 4.69) is 35.8 Å². The highest BCUT2D eigenvalue weighted by Gasteiger charge is 2.24. The Kier molecular flexibility index (Phi) is 4.78. The maximum absolute atomic E-state index is 12.7. The zero-order valence-electron chi connectivity index (χ0n) is 15.2. The van der Waals surface area contributed by atoms with Gasteiger partial charge in [0.25, 0.3) is 5.91 Å². The van der Waals surface area contributed by atoms with E-state index in [1.165, 1.54) is 23.0 Å². The molecule has 0 aliphatic carbocycles. The molecule has 0 bridgehead atoms. The van der Waals surface area contributed by atoms with Crippen LogP contribution in [-0.2, 0) is 0 Å². The topological polar surface area (TPSA) is 178 Å². The van der Waals surface area contributed by atoms with Crippen LogP contribution in [0.5, 0.6) is 11.5 Å². The number of phenolic OH excluding ortho intramolecular Hbond substituents is 2. The van der Waals surface area contributed by atoms with E-state index in [0.717, 1.165) is 6.07 Å². The number of amides is 1. The van der Waals surface area contributed by atoms with Gasteiger partial charge in [-0.15, -0.1) is 5.10 Å². The van der Waals surface area contributed by atoms with Gasteiger partial charge in [-0.2, -0.15) is 9.78 Å². The molecule has 0 saturated carbocycles. The molecule has 5 N–H and O–H groups in total. The third kappa shape index (κ3) is 3.52. The number of nitrogens with zero attached hydrogens (tertiary/aromatic N) is 6. The molecule has 0 aliphatic heterocycles. The van der Waals surface area contributed by atoms with Gasteiger partial charge in [0.05, 0.1) is 6.21 Å². The van der Waals surface area contributed by atoms with Gasteiger partial charge >= 0.3 is 0 Å². The van der Waals surface area contributed by atoms with Crippen molar-refractivity contribution in [2.45, 2.75) is 0 Å². The molecule has 0 radical (unpaired) electrons. The van der Waals surface area contributed by atoms with Gasteiger partial charge in [0.15, 0.2) is 5.69 Å². The first-order valence-corrected chi connectivity index (χ1v) is 8.49. The van der Waals surface area contributed by atoms with Crippen LogP contribution < -0.4 is 11.2 Å². The SMILES string of the molecule is Nc1nonc1-n1nnc(C(=O)NN=Cc2ccc(O)cc2O)c1-c1ccccc1. The Morgan fingerprint density at radius 3 is 2.67 bits per heavy atom. The van der Waals surface area contributed by atoms with E-state index >= 15 is 0 Å². The van der Waals surface area contributed by atoms with Crippen molar-refractivity contribution >= 4 is 17.9 Å². The zero-order valence-corrected chi connectivity index (χ0v) is 15.2. The lowest BCUT2D eigenvalue weighted by Gasteiger charge is -2.05. The smallest absolute Gasteiger partial charge is 0.294 e. The Hall–Kier alpha value is -4.74. The lowest BCUT2D eigenvalue weighted by atomic mass is 10.1. The number of hydrogen-bond acceptors (Lipinski definition) is 10. The Morgan fingerprint density at radius 1 is 1.17 bits per heavy atom. The van der Waals surface area contributed by atoms with Crippen molar-refractivity contribution in [2.24, 2.45) is 5.10 Å². The molecule has 0 saturated heterocycles. The number of aromatic nitrogens is 5. The summed E-state index contributed by atoms with van der Waals surface area (Å²) in [6.45, 7) is 0. The summed E-state index contributed by atoms with van der Waals surface area (Å²) in [6.07, 6.45) is 1.22. The van der Waals surface area contributed by atoms with Crippen molar-refractivity contribution < 1.29 is 19.6 Å². The van der Waals surface area contributed by atoms with Crippen molar-refractivity contribution in [1.82, 2.24) is 30.7 Å². The quantitative estimate of drug-likeness (QED) is 0.279. The highest BCUT2D eigenvalue weighted by Crippen LogP contribution is 2.26. The molecule has 2 aromatic heterocycles.